The van der Waals surface area contributed by atoms with Crippen LogP contribution in [-0.2, 0) is 14.4 Å². The first-order valence-electron chi connectivity index (χ1n) is 13.4. The Kier molecular flexibility index (Phi) is 11.2. The second-order valence-corrected chi connectivity index (χ2v) is 10.3. The minimum absolute atomic E-state index is 0. The summed E-state index contributed by atoms with van der Waals surface area (Å²) < 4.78 is 30.5. The number of carboxylic acids is 1. The fourth-order valence-electron chi connectivity index (χ4n) is 4.39. The summed E-state index contributed by atoms with van der Waals surface area (Å²) in [4.78, 5) is 41.0. The van der Waals surface area contributed by atoms with Gasteiger partial charge >= 0.3 is 57.4 Å². The smallest absolute Gasteiger partial charge is 1.00 e. The van der Waals surface area contributed by atoms with Crippen LogP contribution in [0.3, 0.4) is 0 Å². The molecule has 2 amide bonds. The van der Waals surface area contributed by atoms with Crippen LogP contribution < -0.4 is 76.2 Å². The van der Waals surface area contributed by atoms with Crippen molar-refractivity contribution in [3.05, 3.63) is 77.7 Å². The molecule has 10 nitrogen and oxygen atoms in total. The number of carbonyl (C=O) groups is 3. The molecular weight excluding hydrogens is 620 g/mol. The molecule has 3 N–H and O–H groups in total. The van der Waals surface area contributed by atoms with Gasteiger partial charge in [-0.1, -0.05) is 11.6 Å². The van der Waals surface area contributed by atoms with Crippen LogP contribution in [0.15, 0.2) is 66.9 Å². The SMILES string of the molecule is COc1cc2c(Oc3ccc(NC(=O)C4(C(=O)Nc5ccc(F)cc5)CC4)cc3Cl)ccnc2cc1OCCCC(=O)O.[H-].[K+]. The zero-order valence-electron chi connectivity index (χ0n) is 25.0. The molecule has 1 fully saturated rings. The first-order valence-corrected chi connectivity index (χ1v) is 13.7. The molecule has 13 heteroatoms. The van der Waals surface area contributed by atoms with E-state index >= 15 is 0 Å². The van der Waals surface area contributed by atoms with Crippen LogP contribution in [0.5, 0.6) is 23.0 Å². The predicted octanol–water partition coefficient (Wildman–Crippen LogP) is 3.55. The van der Waals surface area contributed by atoms with Crippen LogP contribution in [-0.4, -0.2) is 41.6 Å². The number of benzene rings is 3. The van der Waals surface area contributed by atoms with E-state index in [1.807, 2.05) is 0 Å². The van der Waals surface area contributed by atoms with Crippen molar-refractivity contribution in [2.24, 2.45) is 5.41 Å². The third-order valence-electron chi connectivity index (χ3n) is 6.91. The number of fused-ring (bicyclic) bond motifs is 1. The molecule has 1 aromatic heterocycles. The molecule has 0 atom stereocenters. The maximum absolute atomic E-state index is 13.2. The number of carboxylic acid groups (broad SMARTS) is 1. The molecule has 1 heterocycles. The van der Waals surface area contributed by atoms with Crippen LogP contribution in [0, 0.1) is 11.2 Å². The number of methoxy groups -OCH3 is 1. The van der Waals surface area contributed by atoms with Gasteiger partial charge in [0.05, 0.1) is 24.3 Å². The average Bonchev–Trinajstić information content (AvgIpc) is 3.80. The number of nitrogens with one attached hydrogen (secondary N) is 2. The zero-order chi connectivity index (χ0) is 30.6. The van der Waals surface area contributed by atoms with Crippen molar-refractivity contribution in [3.8, 4) is 23.0 Å². The summed E-state index contributed by atoms with van der Waals surface area (Å²) in [6.45, 7) is 0.197. The fraction of sp³-hybridized carbons (Fsp3) is 0.226. The van der Waals surface area contributed by atoms with E-state index in [2.05, 4.69) is 15.6 Å². The van der Waals surface area contributed by atoms with Gasteiger partial charge in [0, 0.05) is 35.4 Å². The molecule has 1 aliphatic rings. The quantitative estimate of drug-likeness (QED) is 0.121. The van der Waals surface area contributed by atoms with Crippen LogP contribution in [0.2, 0.25) is 5.02 Å². The second-order valence-electron chi connectivity index (χ2n) is 9.92. The van der Waals surface area contributed by atoms with Gasteiger partial charge in [-0.15, -0.1) is 0 Å². The summed E-state index contributed by atoms with van der Waals surface area (Å²) in [7, 11) is 1.49. The van der Waals surface area contributed by atoms with Gasteiger partial charge < -0.3 is 31.4 Å². The number of aliphatic carboxylic acids is 1. The van der Waals surface area contributed by atoms with E-state index in [1.165, 1.54) is 37.4 Å². The average molecular weight is 648 g/mol. The molecule has 4 aromatic rings. The number of ether oxygens (including phenoxy) is 3. The molecule has 0 unspecified atom stereocenters. The van der Waals surface area contributed by atoms with E-state index in [9.17, 15) is 18.8 Å². The van der Waals surface area contributed by atoms with Crippen LogP contribution in [0.1, 0.15) is 27.1 Å². The van der Waals surface area contributed by atoms with Gasteiger partial charge in [0.15, 0.2) is 11.5 Å². The molecule has 0 aliphatic heterocycles. The molecule has 44 heavy (non-hydrogen) atoms. The second kappa shape index (κ2) is 14.7. The van der Waals surface area contributed by atoms with E-state index in [4.69, 9.17) is 30.9 Å². The molecule has 0 spiro atoms. The summed E-state index contributed by atoms with van der Waals surface area (Å²) in [5, 5.41) is 15.1. The fourth-order valence-corrected chi connectivity index (χ4v) is 4.61. The summed E-state index contributed by atoms with van der Waals surface area (Å²) in [6.07, 6.45) is 2.66. The zero-order valence-corrected chi connectivity index (χ0v) is 27.9. The maximum Gasteiger partial charge on any atom is 1.00 e. The number of anilines is 2. The number of carbonyl (C=O) groups excluding carboxylic acids is 2. The number of aromatic nitrogens is 1. The number of amides is 2. The van der Waals surface area contributed by atoms with Gasteiger partial charge in [0.2, 0.25) is 11.8 Å². The van der Waals surface area contributed by atoms with Gasteiger partial charge in [0.1, 0.15) is 22.7 Å². The van der Waals surface area contributed by atoms with E-state index in [-0.39, 0.29) is 70.9 Å². The molecule has 1 saturated carbocycles. The number of hydrogen-bond acceptors (Lipinski definition) is 7. The third kappa shape index (κ3) is 7.87. The number of nitrogens with zero attached hydrogens (tertiary/aromatic N) is 1. The van der Waals surface area contributed by atoms with E-state index in [0.717, 1.165) is 0 Å². The normalized spacial score (nSPS) is 12.9. The van der Waals surface area contributed by atoms with Gasteiger partial charge in [0.25, 0.3) is 0 Å². The Morgan fingerprint density at radius 1 is 0.955 bits per heavy atom. The topological polar surface area (TPSA) is 136 Å². The monoisotopic (exact) mass is 647 g/mol. The molecule has 0 saturated heterocycles. The van der Waals surface area contributed by atoms with Crippen molar-refractivity contribution in [1.82, 2.24) is 4.98 Å². The Morgan fingerprint density at radius 2 is 1.64 bits per heavy atom. The molecule has 0 radical (unpaired) electrons. The number of hydrogen-bond donors (Lipinski definition) is 3. The minimum Gasteiger partial charge on any atom is -1.00 e. The largest absolute Gasteiger partial charge is 1.00 e. The molecule has 0 bridgehead atoms. The summed E-state index contributed by atoms with van der Waals surface area (Å²) in [5.41, 5.74) is 0.120. The van der Waals surface area contributed by atoms with E-state index < -0.39 is 29.0 Å². The summed E-state index contributed by atoms with van der Waals surface area (Å²) in [5.74, 6) is -0.663. The first-order chi connectivity index (χ1) is 20.7. The Bertz CT molecular complexity index is 1710. The minimum atomic E-state index is -1.22. The van der Waals surface area contributed by atoms with Crippen LogP contribution >= 0.6 is 11.6 Å². The van der Waals surface area contributed by atoms with Gasteiger partial charge in [-0.2, -0.15) is 0 Å². The predicted molar refractivity (Wildman–Crippen MR) is 159 cm³/mol. The molecule has 3 aromatic carbocycles. The van der Waals surface area contributed by atoms with Crippen molar-refractivity contribution < 1.29 is 90.9 Å². The molecular formula is C31H28ClFKN3O7. The van der Waals surface area contributed by atoms with Crippen molar-refractivity contribution in [1.29, 1.82) is 0 Å². The number of halogens is 2. The Hall–Kier alpha value is -3.26. The molecule has 5 rings (SSSR count). The summed E-state index contributed by atoms with van der Waals surface area (Å²) >= 11 is 6.52. The Labute approximate surface area is 301 Å². The van der Waals surface area contributed by atoms with Crippen molar-refractivity contribution >= 4 is 51.7 Å². The van der Waals surface area contributed by atoms with Crippen LogP contribution in [0.4, 0.5) is 15.8 Å². The first kappa shape index (κ1) is 33.6. The van der Waals surface area contributed by atoms with Crippen molar-refractivity contribution in [2.75, 3.05) is 24.4 Å². The summed E-state index contributed by atoms with van der Waals surface area (Å²) in [6, 6.07) is 15.1. The maximum atomic E-state index is 13.2. The number of rotatable bonds is 12. The van der Waals surface area contributed by atoms with Crippen molar-refractivity contribution in [3.63, 3.8) is 0 Å². The molecule has 1 aliphatic carbocycles. The number of pyridine rings is 1. The standard InChI is InChI=1S/C31H27ClFN3O7.K.H/c1-41-26-16-21-23(17-27(26)42-14-2-3-28(37)38)34-13-10-24(21)43-25-9-8-20(15-22(25)32)36-30(40)31(11-12-31)29(39)35-19-6-4-18(33)5-7-19;;/h4-10,13,15-17H,2-3,11-12,14H2,1H3,(H,35,39)(H,36,40)(H,37,38);;/q;+1;-1. The van der Waals surface area contributed by atoms with Gasteiger partial charge in [-0.25, -0.2) is 4.39 Å². The third-order valence-corrected chi connectivity index (χ3v) is 7.21. The Balaban J connectivity index is 0.00000276. The molecule has 224 valence electrons. The van der Waals surface area contributed by atoms with Crippen LogP contribution in [0.25, 0.3) is 10.9 Å². The Morgan fingerprint density at radius 3 is 2.27 bits per heavy atom. The van der Waals surface area contributed by atoms with Crippen molar-refractivity contribution in [2.45, 2.75) is 25.7 Å². The van der Waals surface area contributed by atoms with Gasteiger partial charge in [-0.3, -0.25) is 19.4 Å². The van der Waals surface area contributed by atoms with E-state index in [1.54, 1.807) is 36.5 Å². The van der Waals surface area contributed by atoms with Gasteiger partial charge in [-0.05, 0) is 73.9 Å². The van der Waals surface area contributed by atoms with E-state index in [0.29, 0.717) is 64.5 Å².